The van der Waals surface area contributed by atoms with Gasteiger partial charge in [-0.3, -0.25) is 9.59 Å². The molecule has 2 amide bonds. The maximum Gasteiger partial charge on any atom is 0.301 e. The Bertz CT molecular complexity index is 916. The molecule has 0 saturated carbocycles. The zero-order valence-electron chi connectivity index (χ0n) is 14.6. The molecule has 0 unspecified atom stereocenters. The minimum absolute atomic E-state index is 0.0180. The van der Waals surface area contributed by atoms with E-state index in [1.807, 2.05) is 13.8 Å². The van der Waals surface area contributed by atoms with Crippen molar-refractivity contribution < 1.29 is 19.4 Å². The summed E-state index contributed by atoms with van der Waals surface area (Å²) in [4.78, 5) is 26.3. The number of anilines is 1. The molecule has 26 heavy (non-hydrogen) atoms. The van der Waals surface area contributed by atoms with Crippen LogP contribution < -0.4 is 9.64 Å². The first-order chi connectivity index (χ1) is 12.3. The van der Waals surface area contributed by atoms with Gasteiger partial charge in [0, 0.05) is 5.02 Å². The molecule has 2 aromatic rings. The van der Waals surface area contributed by atoms with E-state index in [4.69, 9.17) is 16.3 Å². The van der Waals surface area contributed by atoms with Crippen LogP contribution >= 0.6 is 11.6 Å². The first-order valence-corrected chi connectivity index (χ1v) is 8.53. The highest BCUT2D eigenvalue weighted by Gasteiger charge is 2.40. The smallest absolute Gasteiger partial charge is 0.301 e. The molecule has 0 aliphatic carbocycles. The van der Waals surface area contributed by atoms with Crippen molar-refractivity contribution in [2.45, 2.75) is 26.9 Å². The summed E-state index contributed by atoms with van der Waals surface area (Å²) >= 11 is 6.10. The van der Waals surface area contributed by atoms with Crippen molar-refractivity contribution >= 4 is 34.7 Å². The summed E-state index contributed by atoms with van der Waals surface area (Å²) in [5.41, 5.74) is 1.35. The lowest BCUT2D eigenvalue weighted by atomic mass is 10.1. The van der Waals surface area contributed by atoms with E-state index in [0.29, 0.717) is 27.6 Å². The quantitative estimate of drug-likeness (QED) is 0.814. The second-order valence-corrected chi connectivity index (χ2v) is 6.65. The summed E-state index contributed by atoms with van der Waals surface area (Å²) in [6, 6.07) is 11.6. The summed E-state index contributed by atoms with van der Waals surface area (Å²) < 4.78 is 5.57. The van der Waals surface area contributed by atoms with Crippen molar-refractivity contribution in [3.8, 4) is 5.75 Å². The second-order valence-electron chi connectivity index (χ2n) is 6.24. The molecule has 0 atom stereocenters. The number of hydrogen-bond donors (Lipinski definition) is 1. The predicted molar refractivity (Wildman–Crippen MR) is 100 cm³/mol. The van der Waals surface area contributed by atoms with Crippen LogP contribution in [0.25, 0.3) is 5.57 Å². The molecule has 134 valence electrons. The highest BCUT2D eigenvalue weighted by Crippen LogP contribution is 2.35. The number of amides is 2. The lowest BCUT2D eigenvalue weighted by molar-refractivity contribution is -0.121. The number of hydrogen-bond acceptors (Lipinski definition) is 4. The molecule has 5 nitrogen and oxygen atoms in total. The van der Waals surface area contributed by atoms with Gasteiger partial charge in [-0.25, -0.2) is 4.90 Å². The molecule has 0 radical (unpaired) electrons. The van der Waals surface area contributed by atoms with Crippen LogP contribution in [0.5, 0.6) is 5.75 Å². The molecular weight excluding hydrogens is 354 g/mol. The zero-order valence-corrected chi connectivity index (χ0v) is 15.4. The molecule has 1 aliphatic heterocycles. The molecule has 1 aliphatic rings. The van der Waals surface area contributed by atoms with Crippen molar-refractivity contribution in [3.05, 3.63) is 64.4 Å². The van der Waals surface area contributed by atoms with Gasteiger partial charge in [0.1, 0.15) is 5.75 Å². The molecule has 2 aromatic carbocycles. The number of carbonyl (C=O) groups excluding carboxylic acids is 2. The van der Waals surface area contributed by atoms with Gasteiger partial charge >= 0.3 is 5.91 Å². The highest BCUT2D eigenvalue weighted by atomic mass is 35.5. The number of rotatable bonds is 4. The number of ether oxygens (including phenoxy) is 1. The monoisotopic (exact) mass is 371 g/mol. The van der Waals surface area contributed by atoms with E-state index in [1.54, 1.807) is 49.4 Å². The van der Waals surface area contributed by atoms with Crippen molar-refractivity contribution in [3.63, 3.8) is 0 Å². The average molecular weight is 372 g/mol. The van der Waals surface area contributed by atoms with Gasteiger partial charge in [-0.05, 0) is 56.2 Å². The van der Waals surface area contributed by atoms with Gasteiger partial charge in [-0.2, -0.15) is 0 Å². The van der Waals surface area contributed by atoms with Gasteiger partial charge in [0.2, 0.25) is 0 Å². The Hall–Kier alpha value is -2.79. The van der Waals surface area contributed by atoms with Crippen LogP contribution in [0.4, 0.5) is 5.69 Å². The molecule has 0 fully saturated rings. The Balaban J connectivity index is 1.98. The third-order valence-corrected chi connectivity index (χ3v) is 4.46. The molecule has 1 N–H and O–H groups in total. The molecule has 6 heteroatoms. The van der Waals surface area contributed by atoms with Crippen molar-refractivity contribution in [2.24, 2.45) is 0 Å². The number of imide groups is 1. The first kappa shape index (κ1) is 18.0. The summed E-state index contributed by atoms with van der Waals surface area (Å²) in [6.07, 6.45) is 0.0180. The van der Waals surface area contributed by atoms with Crippen molar-refractivity contribution in [2.75, 3.05) is 4.90 Å². The van der Waals surface area contributed by atoms with Crippen LogP contribution in [0.2, 0.25) is 5.02 Å². The summed E-state index contributed by atoms with van der Waals surface area (Å²) in [5, 5.41) is 10.7. The summed E-state index contributed by atoms with van der Waals surface area (Å²) in [5.74, 6) is -1.29. The summed E-state index contributed by atoms with van der Waals surface area (Å²) in [6.45, 7) is 5.53. The van der Waals surface area contributed by atoms with E-state index in [0.717, 1.165) is 4.90 Å². The van der Waals surface area contributed by atoms with Gasteiger partial charge in [0.05, 0.1) is 17.4 Å². The molecule has 3 rings (SSSR count). The number of benzene rings is 2. The largest absolute Gasteiger partial charge is 0.502 e. The van der Waals surface area contributed by atoms with E-state index >= 15 is 0 Å². The Labute approximate surface area is 156 Å². The van der Waals surface area contributed by atoms with E-state index in [2.05, 4.69) is 0 Å². The Morgan fingerprint density at radius 2 is 1.69 bits per heavy atom. The summed E-state index contributed by atoms with van der Waals surface area (Å²) in [7, 11) is 0. The number of aliphatic hydroxyl groups is 1. The average Bonchev–Trinajstić information content (AvgIpc) is 2.81. The fraction of sp³-hybridized carbons (Fsp3) is 0.200. The van der Waals surface area contributed by atoms with Crippen LogP contribution in [-0.4, -0.2) is 23.0 Å². The number of halogens is 1. The minimum atomic E-state index is -0.766. The van der Waals surface area contributed by atoms with Gasteiger partial charge in [-0.15, -0.1) is 0 Å². The molecule has 0 saturated heterocycles. The first-order valence-electron chi connectivity index (χ1n) is 8.15. The molecule has 1 heterocycles. The van der Waals surface area contributed by atoms with Crippen LogP contribution in [0.15, 0.2) is 48.2 Å². The predicted octanol–water partition coefficient (Wildman–Crippen LogP) is 4.28. The van der Waals surface area contributed by atoms with Gasteiger partial charge < -0.3 is 9.84 Å². The van der Waals surface area contributed by atoms with E-state index in [9.17, 15) is 14.7 Å². The van der Waals surface area contributed by atoms with Crippen LogP contribution in [0.3, 0.4) is 0 Å². The van der Waals surface area contributed by atoms with Gasteiger partial charge in [-0.1, -0.05) is 29.8 Å². The zero-order chi connectivity index (χ0) is 19.0. The van der Waals surface area contributed by atoms with Crippen LogP contribution in [0.1, 0.15) is 25.0 Å². The minimum Gasteiger partial charge on any atom is -0.502 e. The van der Waals surface area contributed by atoms with E-state index in [-0.39, 0.29) is 11.7 Å². The lowest BCUT2D eigenvalue weighted by Gasteiger charge is -2.17. The third-order valence-electron chi connectivity index (χ3n) is 4.05. The maximum atomic E-state index is 12.9. The number of aliphatic hydroxyl groups excluding tert-OH is 1. The fourth-order valence-electron chi connectivity index (χ4n) is 2.81. The maximum absolute atomic E-state index is 12.9. The fourth-order valence-corrected chi connectivity index (χ4v) is 2.98. The standard InChI is InChI=1S/C20H18ClNO4/c1-11(2)26-14-9-7-13(8-10-14)17-18(23)20(25)22(19(17)24)16-6-4-5-15(21)12(16)3/h4-11,23H,1-3H3. The Kier molecular flexibility index (Phi) is 4.74. The Morgan fingerprint density at radius 1 is 1.04 bits per heavy atom. The van der Waals surface area contributed by atoms with Crippen LogP contribution in [0, 0.1) is 6.92 Å². The number of nitrogens with zero attached hydrogens (tertiary/aromatic N) is 1. The molecule has 0 aromatic heterocycles. The lowest BCUT2D eigenvalue weighted by Crippen LogP contribution is -2.32. The van der Waals surface area contributed by atoms with Gasteiger partial charge in [0.25, 0.3) is 5.91 Å². The van der Waals surface area contributed by atoms with Crippen LogP contribution in [-0.2, 0) is 9.59 Å². The van der Waals surface area contributed by atoms with E-state index < -0.39 is 17.6 Å². The third kappa shape index (κ3) is 3.06. The molecular formula is C20H18ClNO4. The van der Waals surface area contributed by atoms with Gasteiger partial charge in [0.15, 0.2) is 5.76 Å². The molecule has 0 spiro atoms. The second kappa shape index (κ2) is 6.84. The number of carbonyl (C=O) groups is 2. The normalized spacial score (nSPS) is 14.6. The van der Waals surface area contributed by atoms with Crippen molar-refractivity contribution in [1.29, 1.82) is 0 Å². The topological polar surface area (TPSA) is 66.8 Å². The highest BCUT2D eigenvalue weighted by molar-refractivity contribution is 6.45. The molecule has 0 bridgehead atoms. The van der Waals surface area contributed by atoms with Crippen molar-refractivity contribution in [1.82, 2.24) is 0 Å². The Morgan fingerprint density at radius 3 is 2.31 bits per heavy atom. The van der Waals surface area contributed by atoms with E-state index in [1.165, 1.54) is 0 Å². The SMILES string of the molecule is Cc1c(Cl)cccc1N1C(=O)C(O)=C(c2ccc(OC(C)C)cc2)C1=O.